The maximum absolute atomic E-state index is 12.2. The molecule has 0 spiro atoms. The fourth-order valence-corrected chi connectivity index (χ4v) is 3.23. The molecule has 0 aliphatic heterocycles. The zero-order chi connectivity index (χ0) is 17.0. The van der Waals surface area contributed by atoms with Gasteiger partial charge in [0.1, 0.15) is 5.41 Å². The highest BCUT2D eigenvalue weighted by Gasteiger charge is 2.39. The van der Waals surface area contributed by atoms with Crippen molar-refractivity contribution in [3.05, 3.63) is 36.5 Å². The first kappa shape index (κ1) is 18.9. The zero-order valence-corrected chi connectivity index (χ0v) is 15.9. The van der Waals surface area contributed by atoms with E-state index in [2.05, 4.69) is 40.4 Å². The van der Waals surface area contributed by atoms with Crippen LogP contribution in [0.1, 0.15) is 33.6 Å². The molecule has 0 heterocycles. The number of esters is 1. The Balaban J connectivity index is 2.92. The second-order valence-corrected chi connectivity index (χ2v) is 12.3. The van der Waals surface area contributed by atoms with Crippen molar-refractivity contribution in [1.29, 1.82) is 0 Å². The van der Waals surface area contributed by atoms with E-state index in [1.807, 2.05) is 18.2 Å². The van der Waals surface area contributed by atoms with Crippen LogP contribution in [0.2, 0.25) is 18.1 Å². The number of ether oxygens (including phenoxy) is 1. The fourth-order valence-electron chi connectivity index (χ4n) is 2.25. The summed E-state index contributed by atoms with van der Waals surface area (Å²) in [5.74, 6) is -0.242. The summed E-state index contributed by atoms with van der Waals surface area (Å²) >= 11 is 0. The number of hydrogen-bond donors (Lipinski definition) is 0. The van der Waals surface area contributed by atoms with Gasteiger partial charge in [-0.3, -0.25) is 4.79 Å². The molecule has 0 N–H and O–H groups in total. The average Bonchev–Trinajstić information content (AvgIpc) is 2.44. The zero-order valence-electron chi connectivity index (χ0n) is 14.9. The van der Waals surface area contributed by atoms with Crippen molar-refractivity contribution in [1.82, 2.24) is 0 Å². The molecule has 0 aromatic heterocycles. The van der Waals surface area contributed by atoms with Gasteiger partial charge in [0.2, 0.25) is 0 Å². The predicted octanol–water partition coefficient (Wildman–Crippen LogP) is 4.63. The standard InChI is InChI=1S/C18H30O3Si/c1-8-11-18(16(19)20-5)12-9-10-15(13-18)14-21-22(6,7)17(2,3)4/h8-9,12-13H,1,10-11,14H2,2-7H3. The molecule has 4 heteroatoms. The Labute approximate surface area is 136 Å². The summed E-state index contributed by atoms with van der Waals surface area (Å²) in [6.07, 6.45) is 9.09. The van der Waals surface area contributed by atoms with Crippen LogP contribution in [0.3, 0.4) is 0 Å². The van der Waals surface area contributed by atoms with Gasteiger partial charge in [-0.2, -0.15) is 0 Å². The Morgan fingerprint density at radius 2 is 2.09 bits per heavy atom. The Hall–Kier alpha value is -1.13. The maximum Gasteiger partial charge on any atom is 0.319 e. The summed E-state index contributed by atoms with van der Waals surface area (Å²) < 4.78 is 11.3. The van der Waals surface area contributed by atoms with Gasteiger partial charge in [0, 0.05) is 0 Å². The van der Waals surface area contributed by atoms with Crippen LogP contribution < -0.4 is 0 Å². The van der Waals surface area contributed by atoms with Crippen LogP contribution in [0, 0.1) is 5.41 Å². The molecule has 0 saturated heterocycles. The van der Waals surface area contributed by atoms with Gasteiger partial charge in [-0.05, 0) is 36.5 Å². The molecule has 1 unspecified atom stereocenters. The Kier molecular flexibility index (Phi) is 5.99. The van der Waals surface area contributed by atoms with Gasteiger partial charge >= 0.3 is 5.97 Å². The smallest absolute Gasteiger partial charge is 0.319 e. The van der Waals surface area contributed by atoms with E-state index < -0.39 is 13.7 Å². The van der Waals surface area contributed by atoms with Crippen LogP contribution in [0.25, 0.3) is 0 Å². The van der Waals surface area contributed by atoms with E-state index in [1.165, 1.54) is 7.11 Å². The van der Waals surface area contributed by atoms with Crippen LogP contribution in [-0.4, -0.2) is 28.0 Å². The summed E-state index contributed by atoms with van der Waals surface area (Å²) in [5.41, 5.74) is 0.417. The molecule has 1 rings (SSSR count). The predicted molar refractivity (Wildman–Crippen MR) is 94.3 cm³/mol. The second-order valence-electron chi connectivity index (χ2n) is 7.48. The number of allylic oxidation sites excluding steroid dienone is 2. The summed E-state index contributed by atoms with van der Waals surface area (Å²) in [6, 6.07) is 0. The van der Waals surface area contributed by atoms with E-state index in [0.717, 1.165) is 12.0 Å². The largest absolute Gasteiger partial charge is 0.468 e. The molecular formula is C18H30O3Si. The van der Waals surface area contributed by atoms with Crippen LogP contribution in [-0.2, 0) is 14.0 Å². The lowest BCUT2D eigenvalue weighted by Gasteiger charge is -2.37. The molecule has 0 aromatic carbocycles. The van der Waals surface area contributed by atoms with E-state index in [0.29, 0.717) is 13.0 Å². The molecule has 1 aliphatic carbocycles. The molecule has 3 nitrogen and oxygen atoms in total. The van der Waals surface area contributed by atoms with E-state index in [9.17, 15) is 4.79 Å². The van der Waals surface area contributed by atoms with Crippen LogP contribution in [0.15, 0.2) is 36.5 Å². The van der Waals surface area contributed by atoms with Crippen molar-refractivity contribution in [3.63, 3.8) is 0 Å². The highest BCUT2D eigenvalue weighted by molar-refractivity contribution is 6.74. The molecule has 0 amide bonds. The topological polar surface area (TPSA) is 35.5 Å². The van der Waals surface area contributed by atoms with Gasteiger partial charge in [-0.25, -0.2) is 0 Å². The fraction of sp³-hybridized carbons (Fsp3) is 0.611. The molecule has 22 heavy (non-hydrogen) atoms. The first-order valence-electron chi connectivity index (χ1n) is 7.79. The minimum Gasteiger partial charge on any atom is -0.468 e. The van der Waals surface area contributed by atoms with Gasteiger partial charge in [-0.1, -0.05) is 45.1 Å². The molecule has 0 radical (unpaired) electrons. The lowest BCUT2D eigenvalue weighted by Crippen LogP contribution is -2.41. The molecule has 1 atom stereocenters. The van der Waals surface area contributed by atoms with Crippen molar-refractivity contribution in [3.8, 4) is 0 Å². The SMILES string of the molecule is C=CCC1(C(=O)OC)C=CCC(CO[Si](C)(C)C(C)(C)C)=C1. The van der Waals surface area contributed by atoms with E-state index >= 15 is 0 Å². The molecule has 0 fully saturated rings. The molecule has 0 bridgehead atoms. The molecule has 0 saturated carbocycles. The molecular weight excluding hydrogens is 292 g/mol. The lowest BCUT2D eigenvalue weighted by molar-refractivity contribution is -0.147. The van der Waals surface area contributed by atoms with Crippen molar-refractivity contribution in [2.45, 2.75) is 51.7 Å². The Morgan fingerprint density at radius 3 is 2.59 bits per heavy atom. The second kappa shape index (κ2) is 6.96. The minimum atomic E-state index is -1.79. The van der Waals surface area contributed by atoms with Gasteiger partial charge in [0.05, 0.1) is 13.7 Å². The van der Waals surface area contributed by atoms with Crippen molar-refractivity contribution in [2.24, 2.45) is 5.41 Å². The van der Waals surface area contributed by atoms with E-state index in [1.54, 1.807) is 6.08 Å². The average molecular weight is 323 g/mol. The third-order valence-corrected chi connectivity index (χ3v) is 9.21. The number of methoxy groups -OCH3 is 1. The van der Waals surface area contributed by atoms with Gasteiger partial charge < -0.3 is 9.16 Å². The summed E-state index contributed by atoms with van der Waals surface area (Å²) in [5, 5.41) is 0.179. The highest BCUT2D eigenvalue weighted by atomic mass is 28.4. The van der Waals surface area contributed by atoms with E-state index in [-0.39, 0.29) is 11.0 Å². The number of carbonyl (C=O) groups excluding carboxylic acids is 1. The van der Waals surface area contributed by atoms with E-state index in [4.69, 9.17) is 9.16 Å². The normalized spacial score (nSPS) is 22.2. The van der Waals surface area contributed by atoms with Crippen LogP contribution >= 0.6 is 0 Å². The molecule has 0 aromatic rings. The van der Waals surface area contributed by atoms with Gasteiger partial charge in [-0.15, -0.1) is 6.58 Å². The number of hydrogen-bond acceptors (Lipinski definition) is 3. The van der Waals surface area contributed by atoms with Crippen LogP contribution in [0.4, 0.5) is 0 Å². The molecule has 1 aliphatic rings. The van der Waals surface area contributed by atoms with Crippen molar-refractivity contribution < 1.29 is 14.0 Å². The third-order valence-electron chi connectivity index (χ3n) is 4.73. The minimum absolute atomic E-state index is 0.179. The first-order chi connectivity index (χ1) is 10.1. The van der Waals surface area contributed by atoms with Crippen molar-refractivity contribution >= 4 is 14.3 Å². The van der Waals surface area contributed by atoms with Gasteiger partial charge in [0.15, 0.2) is 8.32 Å². The lowest BCUT2D eigenvalue weighted by atomic mass is 9.79. The summed E-state index contributed by atoms with van der Waals surface area (Å²) in [4.78, 5) is 12.2. The van der Waals surface area contributed by atoms with Gasteiger partial charge in [0.25, 0.3) is 0 Å². The molecule has 124 valence electrons. The quantitative estimate of drug-likeness (QED) is 0.406. The Morgan fingerprint density at radius 1 is 1.45 bits per heavy atom. The number of carbonyl (C=O) groups is 1. The van der Waals surface area contributed by atoms with Crippen molar-refractivity contribution in [2.75, 3.05) is 13.7 Å². The number of rotatable bonds is 6. The Bertz CT molecular complexity index is 483. The maximum atomic E-state index is 12.2. The highest BCUT2D eigenvalue weighted by Crippen LogP contribution is 2.38. The van der Waals surface area contributed by atoms with Crippen LogP contribution in [0.5, 0.6) is 0 Å². The first-order valence-corrected chi connectivity index (χ1v) is 10.7. The third kappa shape index (κ3) is 4.20. The summed E-state index contributed by atoms with van der Waals surface area (Å²) in [6.45, 7) is 15.5. The summed E-state index contributed by atoms with van der Waals surface area (Å²) in [7, 11) is -0.365. The monoisotopic (exact) mass is 322 g/mol.